The van der Waals surface area contributed by atoms with Crippen LogP contribution in [0.4, 0.5) is 17.1 Å². The number of ether oxygens (including phenoxy) is 1. The number of pyridine rings is 2. The van der Waals surface area contributed by atoms with Gasteiger partial charge >= 0.3 is 0 Å². The Labute approximate surface area is 270 Å². The fraction of sp³-hybridized carbons (Fsp3) is 0.324. The SMILES string of the molecule is CC[C@@H]1CN(Cc2cc([C@H](CC(=O)Nc3cccnc3)c3ccc(N(N)CC)c(N)c3C)ccc2C)S(=O)(=O)c2cccnc2O1. The van der Waals surface area contributed by atoms with Crippen molar-refractivity contribution in [2.45, 2.75) is 64.0 Å². The van der Waals surface area contributed by atoms with Crippen LogP contribution >= 0.6 is 0 Å². The molecule has 0 saturated heterocycles. The van der Waals surface area contributed by atoms with Gasteiger partial charge in [0.05, 0.1) is 29.8 Å². The summed E-state index contributed by atoms with van der Waals surface area (Å²) in [5, 5.41) is 4.53. The summed E-state index contributed by atoms with van der Waals surface area (Å²) in [6.45, 7) is 8.67. The summed E-state index contributed by atoms with van der Waals surface area (Å²) >= 11 is 0. The summed E-state index contributed by atoms with van der Waals surface area (Å²) in [5.74, 6) is 5.73. The van der Waals surface area contributed by atoms with Gasteiger partial charge in [-0.15, -0.1) is 0 Å². The second kappa shape index (κ2) is 13.9. The van der Waals surface area contributed by atoms with Gasteiger partial charge in [-0.2, -0.15) is 4.31 Å². The van der Waals surface area contributed by atoms with E-state index in [-0.39, 0.29) is 42.3 Å². The molecule has 0 aliphatic carbocycles. The Morgan fingerprint density at radius 3 is 2.63 bits per heavy atom. The van der Waals surface area contributed by atoms with Crippen molar-refractivity contribution < 1.29 is 17.9 Å². The molecule has 3 heterocycles. The van der Waals surface area contributed by atoms with Gasteiger partial charge in [-0.05, 0) is 85.3 Å². The number of nitrogen functional groups attached to an aromatic ring is 1. The molecule has 1 aliphatic rings. The zero-order chi connectivity index (χ0) is 33.0. The van der Waals surface area contributed by atoms with Gasteiger partial charge in [0.2, 0.25) is 21.8 Å². The summed E-state index contributed by atoms with van der Waals surface area (Å²) in [5.41, 5.74) is 12.7. The Bertz CT molecular complexity index is 1820. The molecule has 4 aromatic rings. The van der Waals surface area contributed by atoms with Crippen LogP contribution in [-0.4, -0.2) is 47.8 Å². The van der Waals surface area contributed by atoms with E-state index in [0.717, 1.165) is 27.8 Å². The Kier molecular flexibility index (Phi) is 9.90. The summed E-state index contributed by atoms with van der Waals surface area (Å²) in [6.07, 6.45) is 5.15. The van der Waals surface area contributed by atoms with Crippen molar-refractivity contribution in [3.8, 4) is 5.88 Å². The van der Waals surface area contributed by atoms with Gasteiger partial charge < -0.3 is 20.8 Å². The average molecular weight is 644 g/mol. The maximum absolute atomic E-state index is 13.9. The van der Waals surface area contributed by atoms with Gasteiger partial charge in [-0.3, -0.25) is 9.78 Å². The second-order valence-electron chi connectivity index (χ2n) is 11.5. The van der Waals surface area contributed by atoms with Crippen LogP contribution in [-0.2, 0) is 21.4 Å². The molecule has 46 heavy (non-hydrogen) atoms. The number of hydrazine groups is 1. The van der Waals surface area contributed by atoms with Crippen molar-refractivity contribution in [3.05, 3.63) is 101 Å². The Balaban J connectivity index is 1.55. The number of fused-ring (bicyclic) bond motifs is 1. The molecule has 2 aromatic heterocycles. The number of amides is 1. The van der Waals surface area contributed by atoms with Crippen LogP contribution < -0.4 is 26.6 Å². The molecule has 2 atom stereocenters. The van der Waals surface area contributed by atoms with E-state index in [0.29, 0.717) is 30.0 Å². The minimum absolute atomic E-state index is 0.0527. The highest BCUT2D eigenvalue weighted by Gasteiger charge is 2.35. The molecule has 12 heteroatoms. The molecular formula is C34H41N7O4S. The highest BCUT2D eigenvalue weighted by Crippen LogP contribution is 2.38. The molecule has 2 aromatic carbocycles. The molecule has 0 unspecified atom stereocenters. The van der Waals surface area contributed by atoms with Crippen molar-refractivity contribution in [2.24, 2.45) is 5.84 Å². The zero-order valence-corrected chi connectivity index (χ0v) is 27.4. The predicted molar refractivity (Wildman–Crippen MR) is 180 cm³/mol. The lowest BCUT2D eigenvalue weighted by Crippen LogP contribution is -2.36. The Morgan fingerprint density at radius 2 is 1.91 bits per heavy atom. The largest absolute Gasteiger partial charge is 0.472 e. The molecule has 1 aliphatic heterocycles. The molecule has 0 spiro atoms. The molecule has 0 saturated carbocycles. The standard InChI is InChI=1S/C34H41N7O4S/c1-5-27-21-40(46(43,44)31-10-8-16-38-34(31)45-27)20-25-17-24(12-11-22(25)3)29(18-32(42)39-26-9-7-15-37-19-26)28-13-14-30(41(36)6-2)33(35)23(28)4/h7-17,19,27,29H,5-6,18,20-21,35-36H2,1-4H3,(H,39,42)/t27-,29+/m1/s1. The summed E-state index contributed by atoms with van der Waals surface area (Å²) in [6, 6.07) is 16.5. The highest BCUT2D eigenvalue weighted by atomic mass is 32.2. The number of nitrogens with two attached hydrogens (primary N) is 2. The number of aryl methyl sites for hydroxylation is 1. The van der Waals surface area contributed by atoms with Crippen molar-refractivity contribution in [2.75, 3.05) is 29.1 Å². The summed E-state index contributed by atoms with van der Waals surface area (Å²) < 4.78 is 35.2. The average Bonchev–Trinajstić information content (AvgIpc) is 3.15. The summed E-state index contributed by atoms with van der Waals surface area (Å²) in [7, 11) is -3.90. The van der Waals surface area contributed by atoms with E-state index < -0.39 is 15.9 Å². The van der Waals surface area contributed by atoms with E-state index in [1.54, 1.807) is 35.6 Å². The van der Waals surface area contributed by atoms with Gasteiger partial charge in [0.25, 0.3) is 0 Å². The van der Waals surface area contributed by atoms with Crippen LogP contribution in [0.5, 0.6) is 5.88 Å². The number of carbonyl (C=O) groups is 1. The lowest BCUT2D eigenvalue weighted by Gasteiger charge is -2.26. The van der Waals surface area contributed by atoms with Gasteiger partial charge in [0.15, 0.2) is 0 Å². The molecule has 11 nitrogen and oxygen atoms in total. The fourth-order valence-electron chi connectivity index (χ4n) is 5.72. The lowest BCUT2D eigenvalue weighted by molar-refractivity contribution is -0.116. The first-order valence-electron chi connectivity index (χ1n) is 15.4. The maximum atomic E-state index is 13.9. The van der Waals surface area contributed by atoms with E-state index in [9.17, 15) is 13.2 Å². The van der Waals surface area contributed by atoms with E-state index in [2.05, 4.69) is 15.3 Å². The predicted octanol–water partition coefficient (Wildman–Crippen LogP) is 4.90. The van der Waals surface area contributed by atoms with E-state index >= 15 is 0 Å². The van der Waals surface area contributed by atoms with Crippen molar-refractivity contribution in [1.82, 2.24) is 14.3 Å². The van der Waals surface area contributed by atoms with Crippen LogP contribution in [0, 0.1) is 13.8 Å². The quantitative estimate of drug-likeness (QED) is 0.124. The van der Waals surface area contributed by atoms with E-state index in [1.165, 1.54) is 16.6 Å². The van der Waals surface area contributed by atoms with Crippen LogP contribution in [0.15, 0.2) is 78.1 Å². The third kappa shape index (κ3) is 6.84. The number of nitrogens with zero attached hydrogens (tertiary/aromatic N) is 4. The zero-order valence-electron chi connectivity index (χ0n) is 26.6. The number of aromatic nitrogens is 2. The molecule has 1 amide bonds. The first-order chi connectivity index (χ1) is 22.0. The fourth-order valence-corrected chi connectivity index (χ4v) is 7.24. The number of sulfonamides is 1. The third-order valence-corrected chi connectivity index (χ3v) is 10.3. The van der Waals surface area contributed by atoms with Crippen molar-refractivity contribution >= 4 is 33.0 Å². The van der Waals surface area contributed by atoms with Gasteiger partial charge in [0, 0.05) is 37.8 Å². The smallest absolute Gasteiger partial charge is 0.248 e. The number of hydrogen-bond donors (Lipinski definition) is 3. The molecule has 0 fully saturated rings. The number of rotatable bonds is 10. The molecule has 0 bridgehead atoms. The minimum Gasteiger partial charge on any atom is -0.472 e. The van der Waals surface area contributed by atoms with Crippen molar-refractivity contribution in [3.63, 3.8) is 0 Å². The third-order valence-electron chi connectivity index (χ3n) is 8.51. The molecule has 0 radical (unpaired) electrons. The number of hydrogen-bond acceptors (Lipinski definition) is 9. The number of carbonyl (C=O) groups excluding carboxylic acids is 1. The topological polar surface area (TPSA) is 157 Å². The molecule has 5 rings (SSSR count). The highest BCUT2D eigenvalue weighted by molar-refractivity contribution is 7.89. The first kappa shape index (κ1) is 32.9. The van der Waals surface area contributed by atoms with E-state index in [4.69, 9.17) is 16.3 Å². The molecular weight excluding hydrogens is 602 g/mol. The van der Waals surface area contributed by atoms with Gasteiger partial charge in [-0.25, -0.2) is 19.2 Å². The number of anilines is 3. The van der Waals surface area contributed by atoms with Crippen LogP contribution in [0.3, 0.4) is 0 Å². The monoisotopic (exact) mass is 643 g/mol. The lowest BCUT2D eigenvalue weighted by atomic mass is 9.83. The maximum Gasteiger partial charge on any atom is 0.248 e. The Morgan fingerprint density at radius 1 is 1.13 bits per heavy atom. The number of benzene rings is 2. The van der Waals surface area contributed by atoms with Crippen LogP contribution in [0.25, 0.3) is 0 Å². The van der Waals surface area contributed by atoms with E-state index in [1.807, 2.05) is 58.0 Å². The van der Waals surface area contributed by atoms with Gasteiger partial charge in [-0.1, -0.05) is 31.2 Å². The van der Waals surface area contributed by atoms with Gasteiger partial charge in [0.1, 0.15) is 11.0 Å². The second-order valence-corrected chi connectivity index (χ2v) is 13.4. The Hall–Kier alpha value is -4.52. The van der Waals surface area contributed by atoms with Crippen LogP contribution in [0.1, 0.15) is 60.4 Å². The van der Waals surface area contributed by atoms with Crippen LogP contribution in [0.2, 0.25) is 0 Å². The summed E-state index contributed by atoms with van der Waals surface area (Å²) in [4.78, 5) is 21.8. The molecule has 242 valence electrons. The number of nitrogens with one attached hydrogen (secondary N) is 1. The normalized spacial score (nSPS) is 16.5. The molecule has 5 N–H and O–H groups in total. The minimum atomic E-state index is -3.90. The first-order valence-corrected chi connectivity index (χ1v) is 16.8. The van der Waals surface area contributed by atoms with Crippen molar-refractivity contribution in [1.29, 1.82) is 0 Å².